The normalized spacial score (nSPS) is 19.4. The summed E-state index contributed by atoms with van der Waals surface area (Å²) in [6.45, 7) is 0. The van der Waals surface area contributed by atoms with Gasteiger partial charge in [0.05, 0.1) is 12.1 Å². The topological polar surface area (TPSA) is 35.2 Å². The fourth-order valence-electron chi connectivity index (χ4n) is 2.10. The lowest BCUT2D eigenvalue weighted by Crippen LogP contribution is -2.27. The summed E-state index contributed by atoms with van der Waals surface area (Å²) in [7, 11) is 1.70. The fraction of sp³-hybridized carbons (Fsp3) is 0.417. The molecular formula is C12H15NOS. The molecule has 0 fully saturated rings. The van der Waals surface area contributed by atoms with Gasteiger partial charge in [0.2, 0.25) is 0 Å². The summed E-state index contributed by atoms with van der Waals surface area (Å²) >= 11 is 5.05. The van der Waals surface area contributed by atoms with Crippen molar-refractivity contribution < 1.29 is 4.74 Å². The molecule has 1 aliphatic rings. The molecule has 0 heterocycles. The second-order valence-corrected chi connectivity index (χ2v) is 4.45. The number of hydrogen-bond donors (Lipinski definition) is 1. The van der Waals surface area contributed by atoms with Crippen LogP contribution in [0.15, 0.2) is 18.2 Å². The average molecular weight is 221 g/mol. The van der Waals surface area contributed by atoms with E-state index >= 15 is 0 Å². The van der Waals surface area contributed by atoms with Crippen molar-refractivity contribution >= 4 is 17.2 Å². The van der Waals surface area contributed by atoms with Crippen molar-refractivity contribution in [1.29, 1.82) is 0 Å². The summed E-state index contributed by atoms with van der Waals surface area (Å²) in [6, 6.07) is 6.24. The van der Waals surface area contributed by atoms with E-state index in [4.69, 9.17) is 22.7 Å². The van der Waals surface area contributed by atoms with Crippen LogP contribution in [0, 0.1) is 5.92 Å². The zero-order chi connectivity index (χ0) is 10.8. The molecule has 0 aromatic heterocycles. The van der Waals surface area contributed by atoms with Crippen molar-refractivity contribution in [3.05, 3.63) is 29.3 Å². The Labute approximate surface area is 95.4 Å². The zero-order valence-corrected chi connectivity index (χ0v) is 9.64. The third-order valence-corrected chi connectivity index (χ3v) is 3.38. The molecular weight excluding hydrogens is 206 g/mol. The first-order chi connectivity index (χ1) is 7.20. The smallest absolute Gasteiger partial charge is 0.119 e. The number of aryl methyl sites for hydroxylation is 1. The molecule has 2 rings (SSSR count). The van der Waals surface area contributed by atoms with Crippen LogP contribution >= 0.6 is 12.2 Å². The van der Waals surface area contributed by atoms with Crippen molar-refractivity contribution in [3.8, 4) is 5.75 Å². The summed E-state index contributed by atoms with van der Waals surface area (Å²) in [5.41, 5.74) is 8.42. The Balaban J connectivity index is 2.24. The number of ether oxygens (including phenoxy) is 1. The Morgan fingerprint density at radius 2 is 2.27 bits per heavy atom. The highest BCUT2D eigenvalue weighted by atomic mass is 32.1. The van der Waals surface area contributed by atoms with Crippen LogP contribution in [0.5, 0.6) is 5.75 Å². The van der Waals surface area contributed by atoms with Crippen molar-refractivity contribution in [3.63, 3.8) is 0 Å². The Kier molecular flexibility index (Phi) is 2.91. The van der Waals surface area contributed by atoms with E-state index in [1.165, 1.54) is 11.1 Å². The minimum atomic E-state index is 0.376. The zero-order valence-electron chi connectivity index (χ0n) is 8.82. The average Bonchev–Trinajstić information content (AvgIpc) is 2.27. The minimum absolute atomic E-state index is 0.376. The number of nitrogens with two attached hydrogens (primary N) is 1. The van der Waals surface area contributed by atoms with E-state index in [1.807, 2.05) is 6.07 Å². The van der Waals surface area contributed by atoms with Gasteiger partial charge in [0, 0.05) is 5.92 Å². The van der Waals surface area contributed by atoms with Crippen LogP contribution in [0.2, 0.25) is 0 Å². The molecule has 15 heavy (non-hydrogen) atoms. The van der Waals surface area contributed by atoms with Crippen molar-refractivity contribution in [2.75, 3.05) is 7.11 Å². The van der Waals surface area contributed by atoms with E-state index in [9.17, 15) is 0 Å². The van der Waals surface area contributed by atoms with E-state index in [1.54, 1.807) is 7.11 Å². The maximum atomic E-state index is 5.69. The van der Waals surface area contributed by atoms with Gasteiger partial charge in [-0.05, 0) is 42.5 Å². The Bertz CT molecular complexity index is 389. The highest BCUT2D eigenvalue weighted by molar-refractivity contribution is 7.80. The summed E-state index contributed by atoms with van der Waals surface area (Å²) < 4.78 is 5.20. The summed E-state index contributed by atoms with van der Waals surface area (Å²) in [6.07, 6.45) is 3.10. The number of methoxy groups -OCH3 is 1. The van der Waals surface area contributed by atoms with Gasteiger partial charge >= 0.3 is 0 Å². The quantitative estimate of drug-likeness (QED) is 0.777. The van der Waals surface area contributed by atoms with Gasteiger partial charge in [0.1, 0.15) is 5.75 Å². The van der Waals surface area contributed by atoms with Gasteiger partial charge in [0.25, 0.3) is 0 Å². The molecule has 1 aromatic rings. The van der Waals surface area contributed by atoms with E-state index in [-0.39, 0.29) is 0 Å². The lowest BCUT2D eigenvalue weighted by atomic mass is 9.84. The van der Waals surface area contributed by atoms with Gasteiger partial charge in [-0.15, -0.1) is 0 Å². The van der Waals surface area contributed by atoms with Gasteiger partial charge in [0.15, 0.2) is 0 Å². The molecule has 1 unspecified atom stereocenters. The van der Waals surface area contributed by atoms with E-state index < -0.39 is 0 Å². The highest BCUT2D eigenvalue weighted by Crippen LogP contribution is 2.28. The van der Waals surface area contributed by atoms with Gasteiger partial charge in [-0.3, -0.25) is 0 Å². The summed E-state index contributed by atoms with van der Waals surface area (Å²) in [5.74, 6) is 1.31. The second kappa shape index (κ2) is 4.19. The molecule has 0 radical (unpaired) electrons. The van der Waals surface area contributed by atoms with Gasteiger partial charge in [-0.25, -0.2) is 0 Å². The number of thiocarbonyl (C=S) groups is 1. The SMILES string of the molecule is COc1ccc2c(c1)CCC(C(N)=S)C2. The predicted molar refractivity (Wildman–Crippen MR) is 65.3 cm³/mol. The maximum Gasteiger partial charge on any atom is 0.119 e. The lowest BCUT2D eigenvalue weighted by molar-refractivity contribution is 0.413. The van der Waals surface area contributed by atoms with Gasteiger partial charge in [-0.2, -0.15) is 0 Å². The van der Waals surface area contributed by atoms with Gasteiger partial charge < -0.3 is 10.5 Å². The molecule has 80 valence electrons. The molecule has 1 aromatic carbocycles. The molecule has 0 amide bonds. The number of benzene rings is 1. The summed E-state index contributed by atoms with van der Waals surface area (Å²) in [4.78, 5) is 0.650. The van der Waals surface area contributed by atoms with Crippen LogP contribution in [0.25, 0.3) is 0 Å². The third kappa shape index (κ3) is 2.12. The highest BCUT2D eigenvalue weighted by Gasteiger charge is 2.20. The molecule has 2 nitrogen and oxygen atoms in total. The summed E-state index contributed by atoms with van der Waals surface area (Å²) in [5, 5.41) is 0. The molecule has 3 heteroatoms. The van der Waals surface area contributed by atoms with Crippen LogP contribution in [0.1, 0.15) is 17.5 Å². The van der Waals surface area contributed by atoms with Crippen LogP contribution in [0.3, 0.4) is 0 Å². The first-order valence-electron chi connectivity index (χ1n) is 5.16. The molecule has 1 aliphatic carbocycles. The molecule has 2 N–H and O–H groups in total. The molecule has 0 saturated heterocycles. The molecule has 0 spiro atoms. The van der Waals surface area contributed by atoms with Crippen LogP contribution in [0.4, 0.5) is 0 Å². The first kappa shape index (κ1) is 10.4. The third-order valence-electron chi connectivity index (χ3n) is 3.04. The monoisotopic (exact) mass is 221 g/mol. The molecule has 0 bridgehead atoms. The Hall–Kier alpha value is -1.09. The number of hydrogen-bond acceptors (Lipinski definition) is 2. The predicted octanol–water partition coefficient (Wildman–Crippen LogP) is 2.09. The number of fused-ring (bicyclic) bond motifs is 1. The fourth-order valence-corrected chi connectivity index (χ4v) is 2.30. The van der Waals surface area contributed by atoms with Crippen LogP contribution in [-0.2, 0) is 12.8 Å². The first-order valence-corrected chi connectivity index (χ1v) is 5.56. The largest absolute Gasteiger partial charge is 0.497 e. The second-order valence-electron chi connectivity index (χ2n) is 3.98. The van der Waals surface area contributed by atoms with E-state index in [0.717, 1.165) is 25.0 Å². The minimum Gasteiger partial charge on any atom is -0.497 e. The van der Waals surface area contributed by atoms with Gasteiger partial charge in [-0.1, -0.05) is 18.3 Å². The lowest BCUT2D eigenvalue weighted by Gasteiger charge is -2.23. The Morgan fingerprint density at radius 1 is 1.47 bits per heavy atom. The molecule has 0 aliphatic heterocycles. The molecule has 0 saturated carbocycles. The molecule has 1 atom stereocenters. The Morgan fingerprint density at radius 3 is 2.93 bits per heavy atom. The van der Waals surface area contributed by atoms with Crippen molar-refractivity contribution in [2.45, 2.75) is 19.3 Å². The van der Waals surface area contributed by atoms with E-state index in [0.29, 0.717) is 10.9 Å². The van der Waals surface area contributed by atoms with Crippen LogP contribution < -0.4 is 10.5 Å². The van der Waals surface area contributed by atoms with Crippen molar-refractivity contribution in [2.24, 2.45) is 11.7 Å². The number of rotatable bonds is 2. The van der Waals surface area contributed by atoms with E-state index in [2.05, 4.69) is 12.1 Å². The van der Waals surface area contributed by atoms with Crippen LogP contribution in [-0.4, -0.2) is 12.1 Å². The maximum absolute atomic E-state index is 5.69. The van der Waals surface area contributed by atoms with Crippen molar-refractivity contribution in [1.82, 2.24) is 0 Å². The standard InChI is InChI=1S/C12H15NOS/c1-14-11-5-4-8-6-10(12(13)15)3-2-9(8)7-11/h4-5,7,10H,2-3,6H2,1H3,(H2,13,15).